The van der Waals surface area contributed by atoms with Crippen molar-refractivity contribution in [1.82, 2.24) is 4.31 Å². The number of nitrogens with zero attached hydrogens (tertiary/aromatic N) is 1. The molecule has 35 heavy (non-hydrogen) atoms. The summed E-state index contributed by atoms with van der Waals surface area (Å²) in [5.41, 5.74) is 2.88. The number of hydrogen-bond donors (Lipinski definition) is 1. The van der Waals surface area contributed by atoms with Crippen LogP contribution in [0.1, 0.15) is 21.5 Å². The lowest BCUT2D eigenvalue weighted by Crippen LogP contribution is -2.40. The third-order valence-electron chi connectivity index (χ3n) is 5.71. The van der Waals surface area contributed by atoms with Gasteiger partial charge in [-0.3, -0.25) is 4.79 Å². The monoisotopic (exact) mass is 512 g/mol. The molecule has 9 heteroatoms. The summed E-state index contributed by atoms with van der Waals surface area (Å²) in [5, 5.41) is 2.91. The van der Waals surface area contributed by atoms with E-state index in [1.165, 1.54) is 34.5 Å². The second kappa shape index (κ2) is 11.3. The van der Waals surface area contributed by atoms with Gasteiger partial charge in [-0.25, -0.2) is 8.42 Å². The average Bonchev–Trinajstić information content (AvgIpc) is 2.89. The molecule has 0 aromatic heterocycles. The predicted octanol–water partition coefficient (Wildman–Crippen LogP) is 4.57. The summed E-state index contributed by atoms with van der Waals surface area (Å²) >= 11 is 1.75. The minimum absolute atomic E-state index is 0.0513. The molecule has 1 fully saturated rings. The fraction of sp³-hybridized carbons (Fsp3) is 0.269. The van der Waals surface area contributed by atoms with Gasteiger partial charge in [-0.2, -0.15) is 4.31 Å². The summed E-state index contributed by atoms with van der Waals surface area (Å²) < 4.78 is 38.1. The Morgan fingerprint density at radius 1 is 1.06 bits per heavy atom. The van der Waals surface area contributed by atoms with Crippen molar-refractivity contribution in [3.05, 3.63) is 83.4 Å². The Bertz CT molecular complexity index is 1290. The highest BCUT2D eigenvalue weighted by Gasteiger charge is 2.28. The number of thioether (sulfide) groups is 1. The van der Waals surface area contributed by atoms with Crippen LogP contribution in [-0.2, 0) is 20.5 Å². The van der Waals surface area contributed by atoms with E-state index in [0.29, 0.717) is 24.7 Å². The van der Waals surface area contributed by atoms with Gasteiger partial charge in [-0.05, 0) is 54.4 Å². The van der Waals surface area contributed by atoms with Crippen LogP contribution in [-0.4, -0.2) is 52.0 Å². The van der Waals surface area contributed by atoms with Gasteiger partial charge in [0.25, 0.3) is 5.91 Å². The van der Waals surface area contributed by atoms with Gasteiger partial charge >= 0.3 is 0 Å². The largest absolute Gasteiger partial charge is 0.496 e. The molecule has 4 rings (SSSR count). The predicted molar refractivity (Wildman–Crippen MR) is 138 cm³/mol. The van der Waals surface area contributed by atoms with Crippen molar-refractivity contribution in [1.29, 1.82) is 0 Å². The molecule has 7 nitrogen and oxygen atoms in total. The molecule has 1 aliphatic rings. The van der Waals surface area contributed by atoms with Crippen LogP contribution in [0.3, 0.4) is 0 Å². The maximum Gasteiger partial charge on any atom is 0.259 e. The summed E-state index contributed by atoms with van der Waals surface area (Å²) in [4.78, 5) is 14.4. The van der Waals surface area contributed by atoms with Gasteiger partial charge in [-0.15, -0.1) is 11.8 Å². The molecule has 1 saturated heterocycles. The first-order valence-corrected chi connectivity index (χ1v) is 13.7. The minimum atomic E-state index is -3.74. The number of amides is 1. The van der Waals surface area contributed by atoms with Crippen molar-refractivity contribution in [2.75, 3.05) is 38.7 Å². The molecule has 0 saturated carbocycles. The van der Waals surface area contributed by atoms with E-state index in [4.69, 9.17) is 9.47 Å². The molecular weight excluding hydrogens is 484 g/mol. The zero-order valence-corrected chi connectivity index (χ0v) is 21.3. The first kappa shape index (κ1) is 25.2. The average molecular weight is 513 g/mol. The van der Waals surface area contributed by atoms with Crippen LogP contribution < -0.4 is 10.1 Å². The Hall–Kier alpha value is -2.85. The van der Waals surface area contributed by atoms with Crippen molar-refractivity contribution in [2.45, 2.75) is 22.5 Å². The van der Waals surface area contributed by atoms with Crippen LogP contribution in [0.2, 0.25) is 0 Å². The third kappa shape index (κ3) is 6.05. The van der Waals surface area contributed by atoms with E-state index in [1.807, 2.05) is 43.3 Å². The van der Waals surface area contributed by atoms with Crippen LogP contribution in [0.25, 0.3) is 0 Å². The molecule has 3 aromatic rings. The van der Waals surface area contributed by atoms with Crippen molar-refractivity contribution >= 4 is 33.4 Å². The van der Waals surface area contributed by atoms with E-state index < -0.39 is 15.9 Å². The highest BCUT2D eigenvalue weighted by atomic mass is 32.2. The first-order valence-electron chi connectivity index (χ1n) is 11.2. The van der Waals surface area contributed by atoms with E-state index in [1.54, 1.807) is 11.8 Å². The number of nitrogens with one attached hydrogen (secondary N) is 1. The quantitative estimate of drug-likeness (QED) is 0.445. The van der Waals surface area contributed by atoms with Crippen LogP contribution >= 0.6 is 11.8 Å². The summed E-state index contributed by atoms with van der Waals surface area (Å²) in [6.45, 7) is 3.19. The van der Waals surface area contributed by atoms with Gasteiger partial charge < -0.3 is 14.8 Å². The van der Waals surface area contributed by atoms with Gasteiger partial charge in [0.2, 0.25) is 10.0 Å². The molecule has 0 aliphatic carbocycles. The van der Waals surface area contributed by atoms with E-state index in [0.717, 1.165) is 16.9 Å². The lowest BCUT2D eigenvalue weighted by molar-refractivity contribution is 0.0730. The highest BCUT2D eigenvalue weighted by Crippen LogP contribution is 2.28. The second-order valence-corrected chi connectivity index (χ2v) is 11.1. The molecule has 1 amide bonds. The van der Waals surface area contributed by atoms with E-state index in [2.05, 4.69) is 17.4 Å². The van der Waals surface area contributed by atoms with E-state index >= 15 is 0 Å². The van der Waals surface area contributed by atoms with Gasteiger partial charge in [0.05, 0.1) is 30.8 Å². The Labute approximate surface area is 210 Å². The molecule has 1 N–H and O–H groups in total. The molecular formula is C26H28N2O5S2. The van der Waals surface area contributed by atoms with Crippen molar-refractivity contribution in [3.8, 4) is 5.75 Å². The molecule has 0 atom stereocenters. The standard InChI is InChI=1S/C26H28N2O5S2/c1-19-16-20(18-34-21-6-4-3-5-7-21)8-10-24(19)27-26(29)23-17-22(9-11-25(23)32-2)35(30,31)28-12-14-33-15-13-28/h3-11,16-17H,12-15,18H2,1-2H3,(H,27,29). The number of aryl methyl sites for hydroxylation is 1. The Morgan fingerprint density at radius 3 is 2.49 bits per heavy atom. The Balaban J connectivity index is 1.51. The normalized spacial score (nSPS) is 14.5. The lowest BCUT2D eigenvalue weighted by Gasteiger charge is -2.26. The van der Waals surface area contributed by atoms with E-state index in [-0.39, 0.29) is 23.5 Å². The Kier molecular flexibility index (Phi) is 8.12. The van der Waals surface area contributed by atoms with Crippen molar-refractivity contribution < 1.29 is 22.7 Å². The fourth-order valence-corrected chi connectivity index (χ4v) is 6.09. The molecule has 0 spiro atoms. The van der Waals surface area contributed by atoms with Crippen LogP contribution in [0, 0.1) is 6.92 Å². The lowest BCUT2D eigenvalue weighted by atomic mass is 10.1. The maximum atomic E-state index is 13.2. The minimum Gasteiger partial charge on any atom is -0.496 e. The number of carbonyl (C=O) groups is 1. The Morgan fingerprint density at radius 2 is 1.80 bits per heavy atom. The maximum absolute atomic E-state index is 13.2. The van der Waals surface area contributed by atoms with Gasteiger partial charge in [-0.1, -0.05) is 30.3 Å². The molecule has 0 bridgehead atoms. The molecule has 0 radical (unpaired) electrons. The van der Waals surface area contributed by atoms with Gasteiger partial charge in [0.15, 0.2) is 0 Å². The zero-order chi connectivity index (χ0) is 24.8. The van der Waals surface area contributed by atoms with Crippen LogP contribution in [0.4, 0.5) is 5.69 Å². The SMILES string of the molecule is COc1ccc(S(=O)(=O)N2CCOCC2)cc1C(=O)Nc1ccc(CSc2ccccc2)cc1C. The summed E-state index contributed by atoms with van der Waals surface area (Å²) in [7, 11) is -2.29. The van der Waals surface area contributed by atoms with Gasteiger partial charge in [0.1, 0.15) is 5.75 Å². The number of methoxy groups -OCH3 is 1. The number of morpholine rings is 1. The number of anilines is 1. The van der Waals surface area contributed by atoms with Gasteiger partial charge in [0, 0.05) is 29.4 Å². The third-order valence-corrected chi connectivity index (χ3v) is 8.69. The number of ether oxygens (including phenoxy) is 2. The molecule has 0 unspecified atom stereocenters. The summed E-state index contributed by atoms with van der Waals surface area (Å²) in [5.74, 6) is 0.682. The number of hydrogen-bond acceptors (Lipinski definition) is 6. The smallest absolute Gasteiger partial charge is 0.259 e. The highest BCUT2D eigenvalue weighted by molar-refractivity contribution is 7.98. The topological polar surface area (TPSA) is 84.9 Å². The zero-order valence-electron chi connectivity index (χ0n) is 19.7. The second-order valence-electron chi connectivity index (χ2n) is 8.08. The van der Waals surface area contributed by atoms with E-state index in [9.17, 15) is 13.2 Å². The number of rotatable bonds is 8. The number of benzene rings is 3. The number of carbonyl (C=O) groups excluding carboxylic acids is 1. The number of sulfonamides is 1. The van der Waals surface area contributed by atoms with Crippen molar-refractivity contribution in [3.63, 3.8) is 0 Å². The van der Waals surface area contributed by atoms with Crippen LogP contribution in [0.5, 0.6) is 5.75 Å². The molecule has 1 heterocycles. The van der Waals surface area contributed by atoms with Crippen molar-refractivity contribution in [2.24, 2.45) is 0 Å². The summed E-state index contributed by atoms with van der Waals surface area (Å²) in [6.07, 6.45) is 0. The molecule has 3 aromatic carbocycles. The molecule has 1 aliphatic heterocycles. The fourth-order valence-electron chi connectivity index (χ4n) is 3.79. The summed E-state index contributed by atoms with van der Waals surface area (Å²) in [6, 6.07) is 20.4. The first-order chi connectivity index (χ1) is 16.9. The van der Waals surface area contributed by atoms with Crippen LogP contribution in [0.15, 0.2) is 76.5 Å². The molecule has 184 valence electrons.